The van der Waals surface area contributed by atoms with Crippen LogP contribution < -0.4 is 59.3 Å². The molecule has 3 aliphatic rings. The van der Waals surface area contributed by atoms with Crippen molar-refractivity contribution in [3.63, 3.8) is 0 Å². The third-order valence-electron chi connectivity index (χ3n) is 17.2. The molecule has 24 heteroatoms. The third-order valence-corrected chi connectivity index (χ3v) is 17.2. The van der Waals surface area contributed by atoms with Gasteiger partial charge in [-0.3, -0.25) is 52.7 Å². The fourth-order valence-corrected chi connectivity index (χ4v) is 12.2. The molecule has 0 radical (unpaired) electrons. The van der Waals surface area contributed by atoms with Gasteiger partial charge in [0.15, 0.2) is 0 Å². The minimum absolute atomic E-state index is 0.00852. The number of benzene rings is 2. The number of hydrogen-bond donors (Lipinski definition) is 11. The van der Waals surface area contributed by atoms with Crippen LogP contribution in [0.4, 0.5) is 0 Å². The van der Waals surface area contributed by atoms with Gasteiger partial charge in [-0.15, -0.1) is 0 Å². The molecule has 3 heterocycles. The van der Waals surface area contributed by atoms with Gasteiger partial charge in [0.2, 0.25) is 65.0 Å². The van der Waals surface area contributed by atoms with Crippen molar-refractivity contribution in [2.45, 2.75) is 238 Å². The Morgan fingerprint density at radius 1 is 0.489 bits per heavy atom. The molecular formula is C68H107N13O11. The second-order valence-electron chi connectivity index (χ2n) is 26.7. The van der Waals surface area contributed by atoms with E-state index in [-0.39, 0.29) is 115 Å². The fourth-order valence-electron chi connectivity index (χ4n) is 12.2. The summed E-state index contributed by atoms with van der Waals surface area (Å²) < 4.78 is 0. The Labute approximate surface area is 544 Å². The van der Waals surface area contributed by atoms with E-state index in [1.165, 1.54) is 9.80 Å². The van der Waals surface area contributed by atoms with Gasteiger partial charge in [0.25, 0.3) is 0 Å². The highest BCUT2D eigenvalue weighted by Crippen LogP contribution is 2.25. The number of carbonyl (C=O) groups excluding carboxylic acids is 11. The van der Waals surface area contributed by atoms with Crippen LogP contribution in [0, 0.1) is 23.7 Å². The number of carbonyl (C=O) groups is 11. The monoisotopic (exact) mass is 1280 g/mol. The molecule has 11 amide bonds. The van der Waals surface area contributed by atoms with Crippen LogP contribution in [0.15, 0.2) is 60.7 Å². The lowest BCUT2D eigenvalue weighted by Gasteiger charge is -2.33. The first-order valence-corrected chi connectivity index (χ1v) is 33.7. The van der Waals surface area contributed by atoms with Crippen LogP contribution in [0.2, 0.25) is 0 Å². The third kappa shape index (κ3) is 23.3. The first kappa shape index (κ1) is 75.3. The zero-order chi connectivity index (χ0) is 67.6. The largest absolute Gasteiger partial charge is 0.351 e. The van der Waals surface area contributed by atoms with E-state index in [9.17, 15) is 38.4 Å². The Morgan fingerprint density at radius 2 is 0.902 bits per heavy atom. The first-order chi connectivity index (χ1) is 43.8. The lowest BCUT2D eigenvalue weighted by molar-refractivity contribution is -0.143. The fraction of sp³-hybridized carbons (Fsp3) is 0.662. The van der Waals surface area contributed by atoms with Gasteiger partial charge in [-0.05, 0) is 112 Å². The summed E-state index contributed by atoms with van der Waals surface area (Å²) in [6.45, 7) is 16.7. The summed E-state index contributed by atoms with van der Waals surface area (Å²) in [4.78, 5) is 165. The van der Waals surface area contributed by atoms with Gasteiger partial charge in [-0.25, -0.2) is 0 Å². The molecule has 2 aromatic carbocycles. The Kier molecular flexibility index (Phi) is 31.0. The molecule has 24 nitrogen and oxygen atoms in total. The molecule has 11 atom stereocenters. The number of fused-ring (bicyclic) bond motifs is 2. The SMILES string of the molecule is CCCCCCCC(=O)N[C@H]1C[C@H]2C(=O)N[C@@H](C(C)C)C(=O)N[C@@H](CCCN)C(=O)N[C@@H](CC(C)C)C(=O)N[C@H](Cc3ccccc3)C(=O)N3CCC[C@H]3C(=O)N[C@@H](C(C)C)C(=O)N[C@@H](CCCN)C(=O)N[C@@H](CC(C)C)C(=O)N[C@H](Cc3ccccc3)C(=O)N2C1. The van der Waals surface area contributed by atoms with Crippen LogP contribution in [0.3, 0.4) is 0 Å². The van der Waals surface area contributed by atoms with Crippen molar-refractivity contribution in [1.29, 1.82) is 0 Å². The average Bonchev–Trinajstić information content (AvgIpc) is 1.63. The molecular weight excluding hydrogens is 1170 g/mol. The first-order valence-electron chi connectivity index (χ1n) is 33.7. The molecule has 0 unspecified atom stereocenters. The number of nitrogens with zero attached hydrogens (tertiary/aromatic N) is 2. The molecule has 3 fully saturated rings. The van der Waals surface area contributed by atoms with E-state index >= 15 is 14.4 Å². The van der Waals surface area contributed by atoms with Crippen LogP contribution in [0.25, 0.3) is 0 Å². The summed E-state index contributed by atoms with van der Waals surface area (Å²) in [6.07, 6.45) is 6.10. The van der Waals surface area contributed by atoms with Gasteiger partial charge < -0.3 is 69.1 Å². The summed E-state index contributed by atoms with van der Waals surface area (Å²) in [5, 5.41) is 26.0. The number of rotatable bonds is 23. The van der Waals surface area contributed by atoms with Crippen LogP contribution in [-0.4, -0.2) is 167 Å². The number of hydrogen-bond acceptors (Lipinski definition) is 13. The molecule has 510 valence electrons. The lowest BCUT2D eigenvalue weighted by atomic mass is 9.98. The van der Waals surface area contributed by atoms with Crippen molar-refractivity contribution < 1.29 is 52.7 Å². The molecule has 0 aliphatic carbocycles. The highest BCUT2D eigenvalue weighted by molar-refractivity contribution is 6.00. The molecule has 5 rings (SSSR count). The van der Waals surface area contributed by atoms with E-state index in [0.29, 0.717) is 24.0 Å². The summed E-state index contributed by atoms with van der Waals surface area (Å²) in [5.74, 6) is -8.71. The maximum Gasteiger partial charge on any atom is 0.246 e. The molecule has 0 spiro atoms. The molecule has 0 aromatic heterocycles. The van der Waals surface area contributed by atoms with Crippen LogP contribution >= 0.6 is 0 Å². The van der Waals surface area contributed by atoms with Crippen molar-refractivity contribution in [3.05, 3.63) is 71.8 Å². The smallest absolute Gasteiger partial charge is 0.246 e. The summed E-state index contributed by atoms with van der Waals surface area (Å²) in [5.41, 5.74) is 13.3. The molecule has 0 saturated carbocycles. The molecule has 0 bridgehead atoms. The van der Waals surface area contributed by atoms with Crippen molar-refractivity contribution >= 4 is 65.0 Å². The molecule has 3 saturated heterocycles. The topological polar surface area (TPSA) is 355 Å². The Hall–Kier alpha value is -7.47. The van der Waals surface area contributed by atoms with Gasteiger partial charge in [-0.1, -0.05) is 149 Å². The minimum atomic E-state index is -1.35. The number of nitrogens with one attached hydrogen (secondary N) is 9. The predicted molar refractivity (Wildman–Crippen MR) is 351 cm³/mol. The maximum absolute atomic E-state index is 15.5. The molecule has 92 heavy (non-hydrogen) atoms. The van der Waals surface area contributed by atoms with Gasteiger partial charge >= 0.3 is 0 Å². The van der Waals surface area contributed by atoms with Crippen molar-refractivity contribution in [2.24, 2.45) is 35.1 Å². The van der Waals surface area contributed by atoms with E-state index in [1.54, 1.807) is 82.3 Å². The number of nitrogens with two attached hydrogens (primary N) is 2. The van der Waals surface area contributed by atoms with Gasteiger partial charge in [0.05, 0.1) is 0 Å². The molecule has 2 aromatic rings. The second kappa shape index (κ2) is 37.9. The highest BCUT2D eigenvalue weighted by Gasteiger charge is 2.46. The Bertz CT molecular complexity index is 2770. The average molecular weight is 1280 g/mol. The Balaban J connectivity index is 1.63. The highest BCUT2D eigenvalue weighted by atomic mass is 16.2. The van der Waals surface area contributed by atoms with Crippen LogP contribution in [-0.2, 0) is 65.6 Å². The van der Waals surface area contributed by atoms with E-state index in [2.05, 4.69) is 54.8 Å². The summed E-state index contributed by atoms with van der Waals surface area (Å²) in [7, 11) is 0. The van der Waals surface area contributed by atoms with Crippen molar-refractivity contribution in [2.75, 3.05) is 26.2 Å². The van der Waals surface area contributed by atoms with Crippen molar-refractivity contribution in [3.8, 4) is 0 Å². The van der Waals surface area contributed by atoms with E-state index in [1.807, 2.05) is 33.8 Å². The lowest BCUT2D eigenvalue weighted by Crippen LogP contribution is -2.62. The minimum Gasteiger partial charge on any atom is -0.351 e. The number of amides is 11. The van der Waals surface area contributed by atoms with E-state index in [4.69, 9.17) is 11.5 Å². The van der Waals surface area contributed by atoms with Crippen LogP contribution in [0.5, 0.6) is 0 Å². The zero-order valence-corrected chi connectivity index (χ0v) is 55.8. The van der Waals surface area contributed by atoms with E-state index < -0.39 is 137 Å². The zero-order valence-electron chi connectivity index (χ0n) is 55.8. The summed E-state index contributed by atoms with van der Waals surface area (Å²) >= 11 is 0. The van der Waals surface area contributed by atoms with Gasteiger partial charge in [-0.2, -0.15) is 0 Å². The predicted octanol–water partition coefficient (Wildman–Crippen LogP) is 2.68. The Morgan fingerprint density at radius 3 is 1.34 bits per heavy atom. The number of unbranched alkanes of at least 4 members (excludes halogenated alkanes) is 4. The van der Waals surface area contributed by atoms with Gasteiger partial charge in [0, 0.05) is 38.4 Å². The normalized spacial score (nSPS) is 25.7. The van der Waals surface area contributed by atoms with Gasteiger partial charge in [0.1, 0.15) is 60.4 Å². The second-order valence-corrected chi connectivity index (χ2v) is 26.7. The van der Waals surface area contributed by atoms with Crippen LogP contribution in [0.1, 0.15) is 170 Å². The maximum atomic E-state index is 15.5. The standard InChI is InChI=1S/C68H107N13O11/c1-10-11-12-13-20-31-56(82)71-47-39-55-64(88)79-58(44(8)9)66(90)73-49(29-22-33-70)60(84)74-50(35-41(2)3)61(85)76-52(37-45-24-16-14-17-25-45)67(91)80-34-23-30-54(80)63(87)78-57(43(6)7)65(89)72-48(28-21-32-69)59(83)75-51(36-42(4)5)62(86)77-53(68(92)81(55)40-47)38-46-26-18-15-19-27-46/h14-19,24-27,41-44,47-55,57-58H,10-13,20-23,28-40,69-70H2,1-9H3,(H,71,82)(H,72,89)(H,73,90)(H,74,84)(H,75,83)(H,76,85)(H,77,86)(H,78,87)(H,79,88)/t47-,48-,49-,50-,51-,52+,53+,54-,55-,57-,58-/m0/s1. The quantitative estimate of drug-likeness (QED) is 0.0714. The van der Waals surface area contributed by atoms with Crippen molar-refractivity contribution in [1.82, 2.24) is 57.7 Å². The molecule has 13 N–H and O–H groups in total. The summed E-state index contributed by atoms with van der Waals surface area (Å²) in [6, 6.07) is 4.67. The van der Waals surface area contributed by atoms with E-state index in [0.717, 1.165) is 25.7 Å². The molecule has 3 aliphatic heterocycles.